The van der Waals surface area contributed by atoms with E-state index in [1.165, 1.54) is 6.33 Å². The monoisotopic (exact) mass is 226 g/mol. The summed E-state index contributed by atoms with van der Waals surface area (Å²) in [4.78, 5) is 8.04. The molecule has 2 heterocycles. The lowest BCUT2D eigenvalue weighted by atomic mass is 10.0. The van der Waals surface area contributed by atoms with E-state index in [1.54, 1.807) is 12.4 Å². The van der Waals surface area contributed by atoms with Crippen molar-refractivity contribution in [2.75, 3.05) is 0 Å². The van der Waals surface area contributed by atoms with Crippen molar-refractivity contribution in [3.8, 4) is 0 Å². The Morgan fingerprint density at radius 1 is 1.24 bits per heavy atom. The molecule has 1 aromatic carbocycles. The van der Waals surface area contributed by atoms with Crippen LogP contribution in [0.2, 0.25) is 0 Å². The van der Waals surface area contributed by atoms with Crippen molar-refractivity contribution in [2.45, 2.75) is 6.10 Å². The van der Waals surface area contributed by atoms with Gasteiger partial charge in [-0.1, -0.05) is 18.2 Å². The van der Waals surface area contributed by atoms with Gasteiger partial charge < -0.3 is 5.11 Å². The number of pyridine rings is 1. The van der Waals surface area contributed by atoms with E-state index in [-0.39, 0.29) is 0 Å². The lowest BCUT2D eigenvalue weighted by molar-refractivity contribution is 0.212. The molecule has 1 unspecified atom stereocenters. The minimum Gasteiger partial charge on any atom is -0.380 e. The second kappa shape index (κ2) is 3.95. The number of benzene rings is 1. The normalized spacial score (nSPS) is 12.8. The van der Waals surface area contributed by atoms with Crippen molar-refractivity contribution in [2.24, 2.45) is 0 Å². The first-order chi connectivity index (χ1) is 8.36. The van der Waals surface area contributed by atoms with Crippen LogP contribution in [-0.4, -0.2) is 25.3 Å². The number of aromatic amines is 1. The first kappa shape index (κ1) is 9.92. The zero-order valence-corrected chi connectivity index (χ0v) is 8.91. The molecule has 5 nitrogen and oxygen atoms in total. The van der Waals surface area contributed by atoms with Crippen molar-refractivity contribution in [3.63, 3.8) is 0 Å². The van der Waals surface area contributed by atoms with E-state index in [0.717, 1.165) is 16.3 Å². The quantitative estimate of drug-likeness (QED) is 0.693. The van der Waals surface area contributed by atoms with E-state index in [0.29, 0.717) is 5.82 Å². The Morgan fingerprint density at radius 3 is 3.00 bits per heavy atom. The summed E-state index contributed by atoms with van der Waals surface area (Å²) in [6.07, 6.45) is 4.03. The second-order valence-electron chi connectivity index (χ2n) is 3.72. The fourth-order valence-corrected chi connectivity index (χ4v) is 1.87. The van der Waals surface area contributed by atoms with Crippen LogP contribution in [0.5, 0.6) is 0 Å². The number of aromatic nitrogens is 4. The Hall–Kier alpha value is -2.27. The molecule has 0 fully saturated rings. The third-order valence-corrected chi connectivity index (χ3v) is 2.70. The molecule has 0 radical (unpaired) electrons. The first-order valence-corrected chi connectivity index (χ1v) is 5.22. The smallest absolute Gasteiger partial charge is 0.157 e. The van der Waals surface area contributed by atoms with Gasteiger partial charge in [0.05, 0.1) is 0 Å². The van der Waals surface area contributed by atoms with Crippen LogP contribution in [0.3, 0.4) is 0 Å². The number of aliphatic hydroxyl groups excluding tert-OH is 1. The van der Waals surface area contributed by atoms with Crippen LogP contribution >= 0.6 is 0 Å². The van der Waals surface area contributed by atoms with Gasteiger partial charge in [0.1, 0.15) is 12.4 Å². The fourth-order valence-electron chi connectivity index (χ4n) is 1.87. The molecule has 0 saturated carbocycles. The molecule has 1 atom stereocenters. The van der Waals surface area contributed by atoms with Gasteiger partial charge in [0, 0.05) is 17.8 Å². The molecule has 3 rings (SSSR count). The molecular weight excluding hydrogens is 216 g/mol. The van der Waals surface area contributed by atoms with E-state index in [9.17, 15) is 5.11 Å². The Kier molecular flexibility index (Phi) is 2.31. The molecule has 17 heavy (non-hydrogen) atoms. The minimum absolute atomic E-state index is 0.432. The van der Waals surface area contributed by atoms with Gasteiger partial charge >= 0.3 is 0 Å². The van der Waals surface area contributed by atoms with Gasteiger partial charge in [0.25, 0.3) is 0 Å². The number of rotatable bonds is 2. The van der Waals surface area contributed by atoms with Gasteiger partial charge in [-0.3, -0.25) is 10.1 Å². The minimum atomic E-state index is -0.814. The van der Waals surface area contributed by atoms with Gasteiger partial charge in [0.15, 0.2) is 5.82 Å². The summed E-state index contributed by atoms with van der Waals surface area (Å²) in [5, 5.41) is 18.6. The Balaban J connectivity index is 2.17. The van der Waals surface area contributed by atoms with Gasteiger partial charge in [0.2, 0.25) is 0 Å². The molecule has 0 spiro atoms. The van der Waals surface area contributed by atoms with Crippen molar-refractivity contribution in [3.05, 3.63) is 54.4 Å². The molecular formula is C12H10N4O. The Bertz CT molecular complexity index is 631. The zero-order chi connectivity index (χ0) is 11.7. The highest BCUT2D eigenvalue weighted by atomic mass is 16.3. The van der Waals surface area contributed by atoms with Crippen LogP contribution in [0.15, 0.2) is 43.0 Å². The highest BCUT2D eigenvalue weighted by Crippen LogP contribution is 2.26. The number of aliphatic hydroxyl groups is 1. The van der Waals surface area contributed by atoms with Crippen LogP contribution in [0.4, 0.5) is 0 Å². The van der Waals surface area contributed by atoms with E-state index in [1.807, 2.05) is 24.3 Å². The molecule has 5 heteroatoms. The molecule has 0 aliphatic heterocycles. The van der Waals surface area contributed by atoms with E-state index >= 15 is 0 Å². The van der Waals surface area contributed by atoms with Crippen molar-refractivity contribution >= 4 is 10.8 Å². The number of H-pyrrole nitrogens is 1. The molecule has 0 aliphatic carbocycles. The number of hydrogen-bond acceptors (Lipinski definition) is 4. The van der Waals surface area contributed by atoms with E-state index in [4.69, 9.17) is 0 Å². The number of fused-ring (bicyclic) bond motifs is 1. The molecule has 0 saturated heterocycles. The lowest BCUT2D eigenvalue weighted by Crippen LogP contribution is -2.02. The summed E-state index contributed by atoms with van der Waals surface area (Å²) in [5.74, 6) is 0.432. The fraction of sp³-hybridized carbons (Fsp3) is 0.0833. The lowest BCUT2D eigenvalue weighted by Gasteiger charge is -2.10. The third kappa shape index (κ3) is 1.66. The van der Waals surface area contributed by atoms with Crippen LogP contribution in [-0.2, 0) is 0 Å². The summed E-state index contributed by atoms with van der Waals surface area (Å²) < 4.78 is 0. The van der Waals surface area contributed by atoms with Gasteiger partial charge in [-0.15, -0.1) is 0 Å². The molecule has 2 N–H and O–H groups in total. The topological polar surface area (TPSA) is 74.7 Å². The second-order valence-corrected chi connectivity index (χ2v) is 3.72. The number of nitrogens with zero attached hydrogens (tertiary/aromatic N) is 3. The summed E-state index contributed by atoms with van der Waals surface area (Å²) in [6.45, 7) is 0. The van der Waals surface area contributed by atoms with E-state index < -0.39 is 6.10 Å². The summed E-state index contributed by atoms with van der Waals surface area (Å²) >= 11 is 0. The van der Waals surface area contributed by atoms with Crippen LogP contribution < -0.4 is 0 Å². The highest BCUT2D eigenvalue weighted by Gasteiger charge is 2.15. The number of nitrogens with one attached hydrogen (secondary N) is 1. The van der Waals surface area contributed by atoms with Crippen LogP contribution in [0.1, 0.15) is 17.5 Å². The van der Waals surface area contributed by atoms with Gasteiger partial charge in [-0.25, -0.2) is 4.98 Å². The zero-order valence-electron chi connectivity index (χ0n) is 8.91. The van der Waals surface area contributed by atoms with Crippen LogP contribution in [0.25, 0.3) is 10.8 Å². The van der Waals surface area contributed by atoms with Crippen LogP contribution in [0, 0.1) is 0 Å². The maximum Gasteiger partial charge on any atom is 0.157 e. The highest BCUT2D eigenvalue weighted by molar-refractivity contribution is 5.85. The maximum absolute atomic E-state index is 10.2. The molecule has 0 aliphatic rings. The molecule has 0 amide bonds. The van der Waals surface area contributed by atoms with E-state index in [2.05, 4.69) is 20.2 Å². The predicted octanol–water partition coefficient (Wildman–Crippen LogP) is 1.43. The summed E-state index contributed by atoms with van der Waals surface area (Å²) in [7, 11) is 0. The first-order valence-electron chi connectivity index (χ1n) is 5.22. The average Bonchev–Trinajstić information content (AvgIpc) is 2.91. The summed E-state index contributed by atoms with van der Waals surface area (Å²) in [5.41, 5.74) is 0.771. The van der Waals surface area contributed by atoms with Gasteiger partial charge in [-0.05, 0) is 17.0 Å². The Morgan fingerprint density at radius 2 is 2.18 bits per heavy atom. The average molecular weight is 226 g/mol. The molecule has 2 aromatic heterocycles. The Labute approximate surface area is 97.2 Å². The molecule has 3 aromatic rings. The maximum atomic E-state index is 10.2. The predicted molar refractivity (Wildman–Crippen MR) is 62.2 cm³/mol. The van der Waals surface area contributed by atoms with Crippen molar-refractivity contribution < 1.29 is 5.11 Å². The van der Waals surface area contributed by atoms with Gasteiger partial charge in [-0.2, -0.15) is 5.10 Å². The number of hydrogen-bond donors (Lipinski definition) is 2. The SMILES string of the molecule is OC(c1ncn[nH]1)c1cccc2ccncc12. The largest absolute Gasteiger partial charge is 0.380 e. The molecule has 0 bridgehead atoms. The third-order valence-electron chi connectivity index (χ3n) is 2.70. The standard InChI is InChI=1S/C12H10N4O/c17-11(12-14-7-15-16-12)9-3-1-2-8-4-5-13-6-10(8)9/h1-7,11,17H,(H,14,15,16). The van der Waals surface area contributed by atoms with Crippen molar-refractivity contribution in [1.82, 2.24) is 20.2 Å². The van der Waals surface area contributed by atoms with Crippen molar-refractivity contribution in [1.29, 1.82) is 0 Å². The summed E-state index contributed by atoms with van der Waals surface area (Å²) in [6, 6.07) is 7.65. The molecule has 84 valence electrons.